The normalized spacial score (nSPS) is 14.9. The number of carbonyl (C=O) groups is 3. The molecule has 3 saturated heterocycles. The molecule has 12 aromatic rings. The summed E-state index contributed by atoms with van der Waals surface area (Å²) in [6.45, 7) is 14.6. The number of amides is 3. The molecule has 99 heavy (non-hydrogen) atoms. The van der Waals surface area contributed by atoms with E-state index in [1.807, 2.05) is 188 Å². The number of hydrazine groups is 1. The Hall–Kier alpha value is -12.6. The highest BCUT2D eigenvalue weighted by atomic mass is 16.5. The molecule has 25 heteroatoms. The highest BCUT2D eigenvalue weighted by Gasteiger charge is 2.32. The molecule has 7 N–H and O–H groups in total. The van der Waals surface area contributed by atoms with E-state index < -0.39 is 0 Å². The molecule has 3 aliphatic rings. The fraction of sp³-hybridized carbons (Fsp3) is 0.189. The summed E-state index contributed by atoms with van der Waals surface area (Å²) in [5.74, 6) is 5.36. The van der Waals surface area contributed by atoms with Crippen LogP contribution >= 0.6 is 0 Å². The molecule has 498 valence electrons. The summed E-state index contributed by atoms with van der Waals surface area (Å²) < 4.78 is 23.5. The largest absolute Gasteiger partial charge is 0.457 e. The molecule has 9 heterocycles. The third kappa shape index (κ3) is 14.5. The van der Waals surface area contributed by atoms with E-state index in [4.69, 9.17) is 46.7 Å². The monoisotopic (exact) mass is 1320 g/mol. The van der Waals surface area contributed by atoms with Gasteiger partial charge in [0, 0.05) is 56.0 Å². The minimum Gasteiger partial charge on any atom is -0.457 e. The van der Waals surface area contributed by atoms with Gasteiger partial charge >= 0.3 is 0 Å². The van der Waals surface area contributed by atoms with E-state index in [2.05, 4.69) is 55.1 Å². The number of nitrogens with zero attached hydrogens (tertiary/aromatic N) is 15. The summed E-state index contributed by atoms with van der Waals surface area (Å²) in [5, 5.41) is 18.8. The second kappa shape index (κ2) is 29.6. The predicted octanol–water partition coefficient (Wildman–Crippen LogP) is 11.8. The van der Waals surface area contributed by atoms with E-state index in [-0.39, 0.29) is 35.8 Å². The zero-order chi connectivity index (χ0) is 68.4. The van der Waals surface area contributed by atoms with Gasteiger partial charge in [0.05, 0.1) is 34.3 Å². The Morgan fingerprint density at radius 2 is 0.707 bits per heavy atom. The Labute approximate surface area is 569 Å². The number of aromatic nitrogens is 12. The molecule has 0 unspecified atom stereocenters. The molecule has 3 fully saturated rings. The lowest BCUT2D eigenvalue weighted by Gasteiger charge is -2.31. The van der Waals surface area contributed by atoms with Crippen LogP contribution in [0.25, 0.3) is 66.9 Å². The lowest BCUT2D eigenvalue weighted by Crippen LogP contribution is -2.46. The third-order valence-electron chi connectivity index (χ3n) is 17.4. The number of ether oxygens (including phenoxy) is 3. The number of nitrogen functional groups attached to an aromatic ring is 3. The van der Waals surface area contributed by atoms with Crippen molar-refractivity contribution < 1.29 is 28.6 Å². The van der Waals surface area contributed by atoms with Crippen molar-refractivity contribution in [3.8, 4) is 68.3 Å². The minimum absolute atomic E-state index is 0.00476. The molecule has 3 aliphatic heterocycles. The molecule has 0 radical (unpaired) electrons. The van der Waals surface area contributed by atoms with Gasteiger partial charge in [0.25, 0.3) is 5.91 Å². The van der Waals surface area contributed by atoms with Crippen LogP contribution in [0, 0.1) is 0 Å². The maximum Gasteiger partial charge on any atom is 0.257 e. The van der Waals surface area contributed by atoms with Gasteiger partial charge in [-0.25, -0.2) is 49.0 Å². The number of benzene rings is 6. The maximum absolute atomic E-state index is 12.0. The van der Waals surface area contributed by atoms with Crippen molar-refractivity contribution >= 4 is 68.3 Å². The first-order valence-corrected chi connectivity index (χ1v) is 32.4. The van der Waals surface area contributed by atoms with Gasteiger partial charge in [-0.15, -0.1) is 0 Å². The van der Waals surface area contributed by atoms with Gasteiger partial charge in [0.1, 0.15) is 88.0 Å². The summed E-state index contributed by atoms with van der Waals surface area (Å²) in [6.07, 6.45) is 12.3. The lowest BCUT2D eigenvalue weighted by molar-refractivity contribution is -0.127. The van der Waals surface area contributed by atoms with Crippen molar-refractivity contribution in [1.29, 1.82) is 0 Å². The molecule has 0 saturated carbocycles. The number of piperidine rings is 2. The first-order valence-electron chi connectivity index (χ1n) is 32.4. The second-order valence-corrected chi connectivity index (χ2v) is 23.7. The topological polar surface area (TPSA) is 310 Å². The van der Waals surface area contributed by atoms with Crippen molar-refractivity contribution in [3.05, 3.63) is 221 Å². The van der Waals surface area contributed by atoms with E-state index >= 15 is 0 Å². The van der Waals surface area contributed by atoms with Crippen molar-refractivity contribution in [2.24, 2.45) is 0 Å². The van der Waals surface area contributed by atoms with Gasteiger partial charge in [0.15, 0.2) is 16.9 Å². The Balaban J connectivity index is 0.000000133. The molecule has 6 aromatic heterocycles. The van der Waals surface area contributed by atoms with E-state index in [1.54, 1.807) is 4.90 Å². The van der Waals surface area contributed by atoms with E-state index in [0.29, 0.717) is 84.7 Å². The molecule has 25 nitrogen and oxygen atoms in total. The maximum atomic E-state index is 12.0. The number of hydrogen-bond acceptors (Lipinski definition) is 19. The Morgan fingerprint density at radius 3 is 1.06 bits per heavy atom. The fourth-order valence-electron chi connectivity index (χ4n) is 12.4. The van der Waals surface area contributed by atoms with Crippen LogP contribution < -0.4 is 36.8 Å². The van der Waals surface area contributed by atoms with Crippen molar-refractivity contribution in [2.75, 3.05) is 56.5 Å². The van der Waals surface area contributed by atoms with Crippen LogP contribution in [0.4, 0.5) is 17.5 Å². The zero-order valence-corrected chi connectivity index (χ0v) is 54.1. The molecule has 0 bridgehead atoms. The second-order valence-electron chi connectivity index (χ2n) is 23.7. The van der Waals surface area contributed by atoms with Crippen molar-refractivity contribution in [1.82, 2.24) is 79.5 Å². The summed E-state index contributed by atoms with van der Waals surface area (Å²) >= 11 is 0. The number of carbonyl (C=O) groups excluding carboxylic acids is 3. The van der Waals surface area contributed by atoms with Crippen LogP contribution in [-0.2, 0) is 14.4 Å². The molecule has 15 rings (SSSR count). The van der Waals surface area contributed by atoms with Gasteiger partial charge < -0.3 is 41.2 Å². The number of nitrogens with two attached hydrogens (primary N) is 3. The third-order valence-corrected chi connectivity index (χ3v) is 17.4. The van der Waals surface area contributed by atoms with E-state index in [0.717, 1.165) is 105 Å². The van der Waals surface area contributed by atoms with Crippen molar-refractivity contribution in [3.63, 3.8) is 0 Å². The van der Waals surface area contributed by atoms with Crippen LogP contribution in [0.3, 0.4) is 0 Å². The Morgan fingerprint density at radius 1 is 0.394 bits per heavy atom. The fourth-order valence-corrected chi connectivity index (χ4v) is 12.4. The van der Waals surface area contributed by atoms with Gasteiger partial charge in [-0.1, -0.05) is 74.3 Å². The molecule has 0 aliphatic carbocycles. The van der Waals surface area contributed by atoms with Gasteiger partial charge in [0.2, 0.25) is 11.8 Å². The van der Waals surface area contributed by atoms with Gasteiger partial charge in [-0.05, 0) is 160 Å². The zero-order valence-electron chi connectivity index (χ0n) is 54.1. The molecular formula is C74H71N19O6. The number of para-hydroxylation sites is 3. The van der Waals surface area contributed by atoms with Crippen molar-refractivity contribution in [2.45, 2.75) is 50.2 Å². The number of hydrogen-bond donors (Lipinski definition) is 4. The first-order chi connectivity index (χ1) is 48.4. The van der Waals surface area contributed by atoms with Crippen LogP contribution in [0.1, 0.15) is 50.2 Å². The standard InChI is InChI=1S/C25H25N7O2.C25H24N6O2.C24H22N6O2/c1-2-21(33)29-31-14-12-18(13-15-31)32-25-22(24(26)27-16-28-25)23(30-32)17-8-10-20(11-9-17)34-19-6-4-3-5-7-19;1-2-21(32)30-14-12-18(13-15-30)31-25-22(24(26)27-16-28-25)23(29-31)17-8-10-20(11-9-17)33-19-6-4-3-5-7-19;1-2-20(31)29-13-12-17(14-29)30-24-21(23(25)26-15-27-24)22(28-30)16-8-10-19(11-9-16)32-18-6-4-3-5-7-18/h2-11,16,18H,1,12-15H2,(H,29,33)(H2,26,27,28);2-11,16,18H,1,12-15H2,(H2,26,27,28);2-11,15,17H,1,12-14H2,(H2,25,26,27)/t;;17-/m..1/s1. The quantitative estimate of drug-likeness (QED) is 0.0653. The highest BCUT2D eigenvalue weighted by Crippen LogP contribution is 2.39. The molecule has 6 aromatic carbocycles. The molecular weight excluding hydrogens is 1250 g/mol. The van der Waals surface area contributed by atoms with E-state index in [9.17, 15) is 14.4 Å². The van der Waals surface area contributed by atoms with Crippen LogP contribution in [0.15, 0.2) is 221 Å². The average Bonchev–Trinajstić information content (AvgIpc) is 1.63. The SMILES string of the molecule is C=CC(=O)N1CCC(n2nc(-c3ccc(Oc4ccccc4)cc3)c3c(N)ncnc32)CC1.C=CC(=O)N1CC[C@@H](n2nc(-c3ccc(Oc4ccccc4)cc3)c3c(N)ncnc32)C1.C=CC(=O)NN1CCC(n2nc(-c3ccc(Oc4ccccc4)cc3)c3c(N)ncnc32)CC1. The van der Waals surface area contributed by atoms with Gasteiger partial charge in [-0.2, -0.15) is 15.3 Å². The number of anilines is 3. The highest BCUT2D eigenvalue weighted by molar-refractivity contribution is 6.00. The van der Waals surface area contributed by atoms with Crippen LogP contribution in [0.2, 0.25) is 0 Å². The number of likely N-dealkylation sites (tertiary alicyclic amines) is 2. The Kier molecular flexibility index (Phi) is 19.4. The van der Waals surface area contributed by atoms with Crippen LogP contribution in [0.5, 0.6) is 34.5 Å². The summed E-state index contributed by atoms with van der Waals surface area (Å²) in [6, 6.07) is 52.3. The number of nitrogens with one attached hydrogen (secondary N) is 1. The van der Waals surface area contributed by atoms with Crippen LogP contribution in [-0.4, -0.2) is 131 Å². The lowest BCUT2D eigenvalue weighted by atomic mass is 10.1. The summed E-state index contributed by atoms with van der Waals surface area (Å²) in [4.78, 5) is 65.2. The molecule has 3 amide bonds. The smallest absolute Gasteiger partial charge is 0.257 e. The molecule has 1 atom stereocenters. The van der Waals surface area contributed by atoms with E-state index in [1.165, 1.54) is 37.2 Å². The number of fused-ring (bicyclic) bond motifs is 3. The average molecular weight is 1320 g/mol. The number of rotatable bonds is 16. The summed E-state index contributed by atoms with van der Waals surface area (Å²) in [5.41, 5.74) is 28.5. The van der Waals surface area contributed by atoms with Gasteiger partial charge in [-0.3, -0.25) is 19.8 Å². The molecule has 0 spiro atoms. The predicted molar refractivity (Wildman–Crippen MR) is 379 cm³/mol. The Bertz CT molecular complexity index is 4860. The first kappa shape index (κ1) is 65.0. The minimum atomic E-state index is -0.203. The summed E-state index contributed by atoms with van der Waals surface area (Å²) in [7, 11) is 0.